The van der Waals surface area contributed by atoms with Gasteiger partial charge in [-0.3, -0.25) is 0 Å². The summed E-state index contributed by atoms with van der Waals surface area (Å²) in [5.41, 5.74) is 14.2. The van der Waals surface area contributed by atoms with Crippen molar-refractivity contribution in [2.45, 2.75) is 0 Å². The number of aromatic carboxylic acids is 2. The van der Waals surface area contributed by atoms with Gasteiger partial charge in [0.15, 0.2) is 0 Å². The fraction of sp³-hybridized carbons (Fsp3) is 0. The average Bonchev–Trinajstić information content (AvgIpc) is 2.61. The summed E-state index contributed by atoms with van der Waals surface area (Å²) in [6, 6.07) is 15.9. The van der Waals surface area contributed by atoms with Crippen LogP contribution < -0.4 is 11.5 Å². The fourth-order valence-corrected chi connectivity index (χ4v) is 2.90. The van der Waals surface area contributed by atoms with Crippen LogP contribution in [0.2, 0.25) is 0 Å². The number of nitrogens with two attached hydrogens (primary N) is 2. The summed E-state index contributed by atoms with van der Waals surface area (Å²) in [6.45, 7) is 0. The first-order valence-electron chi connectivity index (χ1n) is 7.74. The van der Waals surface area contributed by atoms with Crippen molar-refractivity contribution >= 4 is 23.3 Å². The Hall–Kier alpha value is -3.80. The molecule has 0 saturated carbocycles. The van der Waals surface area contributed by atoms with E-state index in [4.69, 9.17) is 11.5 Å². The van der Waals surface area contributed by atoms with Gasteiger partial charge < -0.3 is 21.7 Å². The van der Waals surface area contributed by atoms with E-state index in [0.29, 0.717) is 33.6 Å². The Bertz CT molecular complexity index is 1010. The minimum absolute atomic E-state index is 0.00260. The average molecular weight is 348 g/mol. The number of carboxylic acids is 2. The van der Waals surface area contributed by atoms with E-state index in [-0.39, 0.29) is 11.1 Å². The number of anilines is 2. The van der Waals surface area contributed by atoms with E-state index in [1.807, 2.05) is 0 Å². The van der Waals surface area contributed by atoms with E-state index in [9.17, 15) is 19.8 Å². The van der Waals surface area contributed by atoms with Gasteiger partial charge in [0, 0.05) is 22.5 Å². The number of benzene rings is 3. The molecule has 0 saturated heterocycles. The number of nitrogen functional groups attached to an aromatic ring is 2. The van der Waals surface area contributed by atoms with Crippen LogP contribution in [-0.2, 0) is 0 Å². The van der Waals surface area contributed by atoms with E-state index >= 15 is 0 Å². The van der Waals surface area contributed by atoms with Crippen LogP contribution in [0.4, 0.5) is 11.4 Å². The molecule has 0 spiro atoms. The zero-order valence-corrected chi connectivity index (χ0v) is 13.6. The lowest BCUT2D eigenvalue weighted by Gasteiger charge is -2.17. The molecule has 0 aromatic heterocycles. The van der Waals surface area contributed by atoms with E-state index in [1.165, 1.54) is 12.1 Å². The van der Waals surface area contributed by atoms with Gasteiger partial charge in [0.25, 0.3) is 0 Å². The van der Waals surface area contributed by atoms with Gasteiger partial charge >= 0.3 is 11.9 Å². The van der Waals surface area contributed by atoms with Gasteiger partial charge in [-0.25, -0.2) is 9.59 Å². The van der Waals surface area contributed by atoms with Crippen LogP contribution in [0, 0.1) is 0 Å². The first-order valence-corrected chi connectivity index (χ1v) is 7.74. The molecule has 6 N–H and O–H groups in total. The number of carboxylic acid groups (broad SMARTS) is 2. The maximum absolute atomic E-state index is 11.8. The van der Waals surface area contributed by atoms with Gasteiger partial charge in [-0.2, -0.15) is 0 Å². The van der Waals surface area contributed by atoms with Gasteiger partial charge in [-0.15, -0.1) is 0 Å². The molecule has 3 aromatic rings. The highest BCUT2D eigenvalue weighted by Gasteiger charge is 2.23. The molecule has 26 heavy (non-hydrogen) atoms. The minimum Gasteiger partial charge on any atom is -0.478 e. The second kappa shape index (κ2) is 6.60. The Kier molecular flexibility index (Phi) is 4.33. The molecule has 0 aliphatic carbocycles. The summed E-state index contributed by atoms with van der Waals surface area (Å²) < 4.78 is 0. The Morgan fingerprint density at radius 3 is 1.69 bits per heavy atom. The third-order valence-electron chi connectivity index (χ3n) is 4.04. The zero-order chi connectivity index (χ0) is 18.8. The summed E-state index contributed by atoms with van der Waals surface area (Å²) in [6.07, 6.45) is 0. The third kappa shape index (κ3) is 3.08. The molecule has 3 rings (SSSR count). The minimum atomic E-state index is -1.16. The van der Waals surface area contributed by atoms with Gasteiger partial charge in [-0.05, 0) is 47.5 Å². The predicted octanol–water partition coefficient (Wildman–Crippen LogP) is 3.58. The van der Waals surface area contributed by atoms with Crippen LogP contribution in [0.5, 0.6) is 0 Å². The standard InChI is InChI=1S/C20H16N2O4/c21-13-6-4-11(5-7-13)17-15(19(23)24)8-9-16(20(25)26)18(17)12-2-1-3-14(22)10-12/h1-10H,21-22H2,(H,23,24)(H,25,26). The largest absolute Gasteiger partial charge is 0.478 e. The van der Waals surface area contributed by atoms with E-state index in [0.717, 1.165) is 0 Å². The lowest BCUT2D eigenvalue weighted by Crippen LogP contribution is -2.07. The van der Waals surface area contributed by atoms with Gasteiger partial charge in [0.05, 0.1) is 11.1 Å². The molecule has 0 fully saturated rings. The highest BCUT2D eigenvalue weighted by molar-refractivity contribution is 6.08. The Morgan fingerprint density at radius 1 is 0.654 bits per heavy atom. The molecule has 0 radical (unpaired) electrons. The number of hydrogen-bond donors (Lipinski definition) is 4. The van der Waals surface area contributed by atoms with E-state index < -0.39 is 11.9 Å². The van der Waals surface area contributed by atoms with Crippen LogP contribution in [0.25, 0.3) is 22.3 Å². The van der Waals surface area contributed by atoms with Crippen molar-refractivity contribution in [1.29, 1.82) is 0 Å². The van der Waals surface area contributed by atoms with Crippen molar-refractivity contribution in [3.05, 3.63) is 71.8 Å². The third-order valence-corrected chi connectivity index (χ3v) is 4.04. The number of rotatable bonds is 4. The van der Waals surface area contributed by atoms with Crippen LogP contribution >= 0.6 is 0 Å². The molecule has 6 heteroatoms. The maximum Gasteiger partial charge on any atom is 0.336 e. The highest BCUT2D eigenvalue weighted by Crippen LogP contribution is 2.38. The second-order valence-corrected chi connectivity index (χ2v) is 5.77. The SMILES string of the molecule is Nc1ccc(-c2c(C(=O)O)ccc(C(=O)O)c2-c2cccc(N)c2)cc1. The summed E-state index contributed by atoms with van der Waals surface area (Å²) in [7, 11) is 0. The van der Waals surface area contributed by atoms with Gasteiger partial charge in [0.2, 0.25) is 0 Å². The topological polar surface area (TPSA) is 127 Å². The molecule has 0 heterocycles. The lowest BCUT2D eigenvalue weighted by atomic mass is 9.86. The van der Waals surface area contributed by atoms with Crippen molar-refractivity contribution in [2.24, 2.45) is 0 Å². The molecule has 0 atom stereocenters. The van der Waals surface area contributed by atoms with Crippen LogP contribution in [0.15, 0.2) is 60.7 Å². The smallest absolute Gasteiger partial charge is 0.336 e. The van der Waals surface area contributed by atoms with Crippen LogP contribution in [0.1, 0.15) is 20.7 Å². The van der Waals surface area contributed by atoms with Crippen molar-refractivity contribution in [1.82, 2.24) is 0 Å². The predicted molar refractivity (Wildman–Crippen MR) is 100 cm³/mol. The van der Waals surface area contributed by atoms with E-state index in [2.05, 4.69) is 0 Å². The van der Waals surface area contributed by atoms with Crippen molar-refractivity contribution in [3.63, 3.8) is 0 Å². The molecule has 0 aliphatic rings. The van der Waals surface area contributed by atoms with Gasteiger partial charge in [-0.1, -0.05) is 24.3 Å². The molecule has 130 valence electrons. The Labute approximate surface area is 149 Å². The number of hydrogen-bond acceptors (Lipinski definition) is 4. The molecule has 0 unspecified atom stereocenters. The van der Waals surface area contributed by atoms with E-state index in [1.54, 1.807) is 48.5 Å². The highest BCUT2D eigenvalue weighted by atomic mass is 16.4. The Balaban J connectivity index is 2.45. The first-order chi connectivity index (χ1) is 12.4. The van der Waals surface area contributed by atoms with Crippen LogP contribution in [0.3, 0.4) is 0 Å². The summed E-state index contributed by atoms with van der Waals surface area (Å²) >= 11 is 0. The molecule has 6 nitrogen and oxygen atoms in total. The summed E-state index contributed by atoms with van der Waals surface area (Å²) in [5, 5.41) is 19.3. The molecular weight excluding hydrogens is 332 g/mol. The molecule has 3 aromatic carbocycles. The first kappa shape index (κ1) is 17.0. The van der Waals surface area contributed by atoms with Crippen LogP contribution in [-0.4, -0.2) is 22.2 Å². The summed E-state index contributed by atoms with van der Waals surface area (Å²) in [4.78, 5) is 23.6. The quantitative estimate of drug-likeness (QED) is 0.534. The molecule has 0 bridgehead atoms. The maximum atomic E-state index is 11.8. The Morgan fingerprint density at radius 2 is 1.19 bits per heavy atom. The van der Waals surface area contributed by atoms with Crippen molar-refractivity contribution in [2.75, 3.05) is 11.5 Å². The fourth-order valence-electron chi connectivity index (χ4n) is 2.90. The monoisotopic (exact) mass is 348 g/mol. The van der Waals surface area contributed by atoms with Crippen molar-refractivity contribution < 1.29 is 19.8 Å². The van der Waals surface area contributed by atoms with Crippen molar-refractivity contribution in [3.8, 4) is 22.3 Å². The molecular formula is C20H16N2O4. The molecule has 0 aliphatic heterocycles. The summed E-state index contributed by atoms with van der Waals surface area (Å²) in [5.74, 6) is -2.31. The zero-order valence-electron chi connectivity index (χ0n) is 13.6. The van der Waals surface area contributed by atoms with Gasteiger partial charge in [0.1, 0.15) is 0 Å². The normalized spacial score (nSPS) is 10.5. The molecule has 0 amide bonds. The number of carbonyl (C=O) groups is 2. The second-order valence-electron chi connectivity index (χ2n) is 5.77. The lowest BCUT2D eigenvalue weighted by molar-refractivity contribution is 0.0682.